The van der Waals surface area contributed by atoms with E-state index in [1.165, 1.54) is 12.8 Å². The zero-order chi connectivity index (χ0) is 34.9. The van der Waals surface area contributed by atoms with E-state index in [1.54, 1.807) is 19.3 Å². The van der Waals surface area contributed by atoms with Crippen molar-refractivity contribution >= 4 is 100 Å². The second-order valence-electron chi connectivity index (χ2n) is 11.3. The molecule has 15 heteroatoms. The van der Waals surface area contributed by atoms with Gasteiger partial charge in [-0.3, -0.25) is 9.97 Å². The molecule has 51 heavy (non-hydrogen) atoms. The molecule has 7 rings (SSSR count). The molecule has 5 heterocycles. The Morgan fingerprint density at radius 1 is 0.804 bits per heavy atom. The van der Waals surface area contributed by atoms with Crippen LogP contribution in [0.4, 0.5) is 0 Å². The number of benzene rings is 2. The van der Waals surface area contributed by atoms with Crippen LogP contribution in [0.2, 0.25) is 10.0 Å². The molecule has 0 aliphatic carbocycles. The second-order valence-corrected chi connectivity index (χ2v) is 14.1. The minimum absolute atomic E-state index is 0. The third-order valence-corrected chi connectivity index (χ3v) is 9.24. The third-order valence-electron chi connectivity index (χ3n) is 7.51. The molecule has 262 valence electrons. The number of aliphatic imine (C=N–C) groups is 2. The number of aromatic nitrogens is 2. The SMILES string of the molecule is C1CCOC1.CCOC(=O)C1=C(Br)CC(Cc2ccc3ncc(Cl)cc3c2)=N1.O=C(O)C1=C(Br)CC(Cc2ccc3ncc(Cl)cc3c2)=N1.[Li+].[OH-]. The average Bonchev–Trinajstić information content (AvgIpc) is 3.84. The normalized spacial score (nSPS) is 14.8. The van der Waals surface area contributed by atoms with Crippen molar-refractivity contribution in [1.29, 1.82) is 0 Å². The molecule has 0 unspecified atom stereocenters. The van der Waals surface area contributed by atoms with Crippen molar-refractivity contribution in [3.63, 3.8) is 0 Å². The van der Waals surface area contributed by atoms with Crippen LogP contribution in [-0.2, 0) is 31.9 Å². The number of allylic oxidation sites excluding steroid dienone is 2. The Kier molecular flexibility index (Phi) is 17.0. The van der Waals surface area contributed by atoms with E-state index in [0.717, 1.165) is 62.1 Å². The zero-order valence-corrected chi connectivity index (χ0v) is 32.6. The summed E-state index contributed by atoms with van der Waals surface area (Å²) in [6.45, 7) is 4.12. The number of hydrogen-bond acceptors (Lipinski definition) is 9. The van der Waals surface area contributed by atoms with Crippen LogP contribution in [0.3, 0.4) is 0 Å². The van der Waals surface area contributed by atoms with Crippen molar-refractivity contribution in [3.8, 4) is 0 Å². The first-order valence-corrected chi connectivity index (χ1v) is 17.9. The number of rotatable bonds is 7. The standard InChI is InChI=1S/C17H14BrClN2O2.C15H10BrClN2O2.C4H8O.Li.H2O/c1-2-23-17(22)16-14(18)8-13(21-16)6-10-3-4-15-11(5-10)7-12(19)9-20-15;16-12-6-11(19-14(12)15(20)21)4-8-1-2-13-9(3-8)5-10(17)7-18-13;1-2-4-5-3-1;;/h3-5,7,9H,2,6,8H2,1H3;1-3,5,7H,4,6H2,(H,20,21);1-4H2;;1H2/q;;;+1;/p-1. The summed E-state index contributed by atoms with van der Waals surface area (Å²) in [5.41, 5.74) is 6.15. The number of halogens is 4. The fourth-order valence-electron chi connectivity index (χ4n) is 5.28. The summed E-state index contributed by atoms with van der Waals surface area (Å²) < 4.78 is 11.3. The van der Waals surface area contributed by atoms with Gasteiger partial charge in [-0.05, 0) is 67.3 Å². The minimum Gasteiger partial charge on any atom is -0.870 e. The largest absolute Gasteiger partial charge is 1.00 e. The smallest absolute Gasteiger partial charge is 0.870 e. The molecule has 0 saturated carbocycles. The zero-order valence-electron chi connectivity index (χ0n) is 28.0. The average molecular weight is 855 g/mol. The number of esters is 1. The Morgan fingerprint density at radius 2 is 1.27 bits per heavy atom. The fourth-order valence-corrected chi connectivity index (χ4v) is 6.76. The molecule has 4 aromatic rings. The number of carbonyl (C=O) groups excluding carboxylic acids is 1. The molecule has 0 atom stereocenters. The molecule has 0 amide bonds. The van der Waals surface area contributed by atoms with Crippen molar-refractivity contribution in [3.05, 3.63) is 102 Å². The van der Waals surface area contributed by atoms with E-state index in [2.05, 4.69) is 51.8 Å². The van der Waals surface area contributed by atoms with Crippen molar-refractivity contribution in [2.45, 2.75) is 45.4 Å². The molecule has 0 spiro atoms. The van der Waals surface area contributed by atoms with Gasteiger partial charge in [0, 0.05) is 82.5 Å². The Morgan fingerprint density at radius 3 is 1.69 bits per heavy atom. The van der Waals surface area contributed by atoms with Gasteiger partial charge >= 0.3 is 30.8 Å². The summed E-state index contributed by atoms with van der Waals surface area (Å²) in [6.07, 6.45) is 8.24. The van der Waals surface area contributed by atoms with Crippen LogP contribution < -0.4 is 18.9 Å². The number of carboxylic acids is 1. The molecule has 1 saturated heterocycles. The molecule has 2 N–H and O–H groups in total. The Hall–Kier alpha value is -2.92. The van der Waals surface area contributed by atoms with E-state index in [-0.39, 0.29) is 36.0 Å². The molecule has 3 aliphatic rings. The van der Waals surface area contributed by atoms with Crippen molar-refractivity contribution in [2.75, 3.05) is 19.8 Å². The van der Waals surface area contributed by atoms with E-state index in [4.69, 9.17) is 37.8 Å². The molecule has 0 radical (unpaired) electrons. The van der Waals surface area contributed by atoms with Crippen LogP contribution in [0.15, 0.2) is 91.3 Å². The van der Waals surface area contributed by atoms with Crippen LogP contribution in [0.25, 0.3) is 21.8 Å². The van der Waals surface area contributed by atoms with Gasteiger partial charge in [0.2, 0.25) is 0 Å². The van der Waals surface area contributed by atoms with Crippen LogP contribution in [0.5, 0.6) is 0 Å². The molecule has 1 fully saturated rings. The van der Waals surface area contributed by atoms with Gasteiger partial charge in [0.1, 0.15) is 0 Å². The maximum atomic E-state index is 11.8. The van der Waals surface area contributed by atoms with Crippen LogP contribution >= 0.6 is 55.1 Å². The number of nitrogens with zero attached hydrogens (tertiary/aromatic N) is 4. The number of fused-ring (bicyclic) bond motifs is 2. The predicted octanol–water partition coefficient (Wildman–Crippen LogP) is 6.04. The molecular formula is C36H33Br2Cl2LiN4O6. The van der Waals surface area contributed by atoms with E-state index in [0.29, 0.717) is 52.5 Å². The van der Waals surface area contributed by atoms with Crippen LogP contribution in [0, 0.1) is 0 Å². The van der Waals surface area contributed by atoms with Gasteiger partial charge in [0.05, 0.1) is 27.7 Å². The van der Waals surface area contributed by atoms with Crippen LogP contribution in [-0.4, -0.2) is 63.7 Å². The monoisotopic (exact) mass is 852 g/mol. The summed E-state index contributed by atoms with van der Waals surface area (Å²) >= 11 is 18.6. The number of ether oxygens (including phenoxy) is 2. The summed E-state index contributed by atoms with van der Waals surface area (Å²) in [7, 11) is 0. The topological polar surface area (TPSA) is 153 Å². The Balaban J connectivity index is 0.000000234. The van der Waals surface area contributed by atoms with Gasteiger partial charge in [0.25, 0.3) is 0 Å². The van der Waals surface area contributed by atoms with Crippen molar-refractivity contribution in [1.82, 2.24) is 9.97 Å². The second kappa shape index (κ2) is 20.4. The van der Waals surface area contributed by atoms with E-state index in [1.807, 2.05) is 48.5 Å². The maximum Gasteiger partial charge on any atom is 1.00 e. The first kappa shape index (κ1) is 42.5. The third kappa shape index (κ3) is 12.1. The van der Waals surface area contributed by atoms with Gasteiger partial charge in [-0.1, -0.05) is 67.2 Å². The van der Waals surface area contributed by atoms with Gasteiger partial charge in [-0.25, -0.2) is 19.6 Å². The van der Waals surface area contributed by atoms with E-state index in [9.17, 15) is 9.59 Å². The number of pyridine rings is 2. The molecule has 2 aromatic carbocycles. The van der Waals surface area contributed by atoms with Gasteiger partial charge in [0.15, 0.2) is 11.4 Å². The Bertz CT molecular complexity index is 2030. The van der Waals surface area contributed by atoms with Crippen LogP contribution in [0.1, 0.15) is 43.7 Å². The molecule has 10 nitrogen and oxygen atoms in total. The summed E-state index contributed by atoms with van der Waals surface area (Å²) in [5.74, 6) is -1.39. The molecule has 2 aromatic heterocycles. The van der Waals surface area contributed by atoms with E-state index >= 15 is 0 Å². The summed E-state index contributed by atoms with van der Waals surface area (Å²) in [4.78, 5) is 39.9. The van der Waals surface area contributed by atoms with Gasteiger partial charge < -0.3 is 20.1 Å². The van der Waals surface area contributed by atoms with E-state index < -0.39 is 5.97 Å². The summed E-state index contributed by atoms with van der Waals surface area (Å²) in [5, 5.41) is 12.2. The number of hydrogen-bond donors (Lipinski definition) is 1. The minimum atomic E-state index is -1.01. The first-order valence-electron chi connectivity index (χ1n) is 15.6. The molecule has 0 bridgehead atoms. The predicted molar refractivity (Wildman–Crippen MR) is 203 cm³/mol. The number of carbonyl (C=O) groups is 2. The molecular weight excluding hydrogens is 822 g/mol. The summed E-state index contributed by atoms with van der Waals surface area (Å²) in [6, 6.07) is 15.7. The van der Waals surface area contributed by atoms with Crippen molar-refractivity contribution < 1.29 is 48.5 Å². The maximum absolute atomic E-state index is 11.8. The van der Waals surface area contributed by atoms with Crippen molar-refractivity contribution in [2.24, 2.45) is 9.98 Å². The van der Waals surface area contributed by atoms with Gasteiger partial charge in [-0.15, -0.1) is 0 Å². The fraction of sp³-hybridized carbons (Fsp3) is 0.278. The number of aliphatic carboxylic acids is 1. The first-order chi connectivity index (χ1) is 23.6. The van der Waals surface area contributed by atoms with Gasteiger partial charge in [-0.2, -0.15) is 0 Å². The molecule has 3 aliphatic heterocycles. The number of carboxylic acid groups (broad SMARTS) is 1. The Labute approximate surface area is 334 Å². The quantitative estimate of drug-likeness (QED) is 0.175.